The molecule has 142 valence electrons. The number of pyridine rings is 1. The quantitative estimate of drug-likeness (QED) is 0.320. The van der Waals surface area contributed by atoms with Gasteiger partial charge in [-0.15, -0.1) is 0 Å². The van der Waals surface area contributed by atoms with E-state index in [-0.39, 0.29) is 5.82 Å². The number of anilines is 3. The van der Waals surface area contributed by atoms with Crippen molar-refractivity contribution in [2.75, 3.05) is 10.7 Å². The Balaban J connectivity index is 1.50. The fourth-order valence-electron chi connectivity index (χ4n) is 2.70. The Bertz CT molecular complexity index is 1050. The fraction of sp³-hybridized carbons (Fsp3) is 0.100. The second kappa shape index (κ2) is 7.20. The summed E-state index contributed by atoms with van der Waals surface area (Å²) in [5, 5.41) is 7.65. The normalized spacial score (nSPS) is 13.4. The van der Waals surface area contributed by atoms with E-state index in [0.29, 0.717) is 5.71 Å². The van der Waals surface area contributed by atoms with Crippen molar-refractivity contribution in [1.82, 2.24) is 4.98 Å². The zero-order chi connectivity index (χ0) is 19.7. The molecule has 0 saturated heterocycles. The summed E-state index contributed by atoms with van der Waals surface area (Å²) in [6.45, 7) is 1.82. The summed E-state index contributed by atoms with van der Waals surface area (Å²) in [5.41, 5.74) is 5.53. The molecule has 0 radical (unpaired) electrons. The Hall–Kier alpha value is -3.00. The lowest BCUT2D eigenvalue weighted by atomic mass is 10.1. The Morgan fingerprint density at radius 3 is 2.57 bits per heavy atom. The van der Waals surface area contributed by atoms with Crippen LogP contribution in [0.2, 0.25) is 0 Å². The number of hydrazone groups is 1. The van der Waals surface area contributed by atoms with E-state index in [2.05, 4.69) is 26.9 Å². The van der Waals surface area contributed by atoms with Gasteiger partial charge in [0.25, 0.3) is 0 Å². The van der Waals surface area contributed by atoms with E-state index < -0.39 is 11.7 Å². The summed E-state index contributed by atoms with van der Waals surface area (Å²) in [5.74, 6) is 0.243. The Morgan fingerprint density at radius 1 is 1.04 bits per heavy atom. The molecule has 0 amide bonds. The zero-order valence-corrected chi connectivity index (χ0v) is 15.5. The Kier molecular flexibility index (Phi) is 4.72. The van der Waals surface area contributed by atoms with Crippen molar-refractivity contribution in [3.63, 3.8) is 0 Å². The Labute approximate surface area is 163 Å². The van der Waals surface area contributed by atoms with Gasteiger partial charge >= 0.3 is 6.18 Å². The molecule has 4 rings (SSSR count). The van der Waals surface area contributed by atoms with E-state index in [9.17, 15) is 13.2 Å². The molecule has 0 saturated carbocycles. The number of para-hydroxylation sites is 1. The third-order valence-corrected chi connectivity index (χ3v) is 5.35. The van der Waals surface area contributed by atoms with E-state index in [1.54, 1.807) is 11.8 Å². The summed E-state index contributed by atoms with van der Waals surface area (Å²) in [7, 11) is 0. The number of aromatic nitrogens is 1. The van der Waals surface area contributed by atoms with Gasteiger partial charge in [0, 0.05) is 16.0 Å². The van der Waals surface area contributed by atoms with Crippen molar-refractivity contribution < 1.29 is 13.2 Å². The van der Waals surface area contributed by atoms with Crippen LogP contribution in [-0.2, 0) is 6.18 Å². The Morgan fingerprint density at radius 2 is 1.82 bits per heavy atom. The number of hydrogen-bond donors (Lipinski definition) is 2. The van der Waals surface area contributed by atoms with Crippen molar-refractivity contribution in [1.29, 1.82) is 0 Å². The minimum atomic E-state index is -4.41. The van der Waals surface area contributed by atoms with Gasteiger partial charge in [-0.25, -0.2) is 4.98 Å². The number of halogens is 3. The van der Waals surface area contributed by atoms with Gasteiger partial charge in [-0.1, -0.05) is 30.0 Å². The average molecular weight is 400 g/mol. The summed E-state index contributed by atoms with van der Waals surface area (Å²) >= 11 is 1.70. The topological polar surface area (TPSA) is 49.3 Å². The van der Waals surface area contributed by atoms with Gasteiger partial charge in [0.05, 0.1) is 22.6 Å². The number of alkyl halides is 3. The van der Waals surface area contributed by atoms with Crippen LogP contribution in [0.15, 0.2) is 75.7 Å². The lowest BCUT2D eigenvalue weighted by molar-refractivity contribution is -0.137. The van der Waals surface area contributed by atoms with Crippen LogP contribution in [0.3, 0.4) is 0 Å². The molecule has 1 aliphatic rings. The number of benzene rings is 2. The van der Waals surface area contributed by atoms with E-state index in [4.69, 9.17) is 0 Å². The first-order chi connectivity index (χ1) is 13.4. The van der Waals surface area contributed by atoms with Gasteiger partial charge in [-0.05, 0) is 48.9 Å². The second-order valence-corrected chi connectivity index (χ2v) is 7.26. The summed E-state index contributed by atoms with van der Waals surface area (Å²) in [4.78, 5) is 6.04. The molecular weight excluding hydrogens is 385 g/mol. The van der Waals surface area contributed by atoms with Gasteiger partial charge in [0.1, 0.15) is 5.82 Å². The molecule has 1 aromatic heterocycles. The van der Waals surface area contributed by atoms with E-state index in [1.165, 1.54) is 11.0 Å². The number of hydrogen-bond acceptors (Lipinski definition) is 5. The largest absolute Gasteiger partial charge is 0.417 e. The molecule has 28 heavy (non-hydrogen) atoms. The number of nitrogens with one attached hydrogen (secondary N) is 2. The third kappa shape index (κ3) is 3.82. The molecule has 0 unspecified atom stereocenters. The summed E-state index contributed by atoms with van der Waals surface area (Å²) < 4.78 is 37.8. The van der Waals surface area contributed by atoms with Crippen LogP contribution < -0.4 is 10.7 Å². The van der Waals surface area contributed by atoms with Crippen molar-refractivity contribution in [3.05, 3.63) is 71.9 Å². The van der Waals surface area contributed by atoms with Crippen LogP contribution in [0.5, 0.6) is 0 Å². The number of rotatable bonds is 3. The highest BCUT2D eigenvalue weighted by Gasteiger charge is 2.30. The first-order valence-corrected chi connectivity index (χ1v) is 9.24. The second-order valence-electron chi connectivity index (χ2n) is 6.17. The standard InChI is InChI=1S/C20H15F3N4S/c1-12(26-27-19-9-7-14(11-24-19)20(21,22)23)13-6-8-18-16(10-13)25-15-4-2-3-5-17(15)28-18/h2-11,25H,1H3,(H,24,27)/b26-12-. The molecule has 3 aromatic rings. The molecule has 0 spiro atoms. The lowest BCUT2D eigenvalue weighted by Gasteiger charge is -2.21. The molecule has 2 heterocycles. The SMILES string of the molecule is C/C(=N/Nc1ccc(C(F)(F)F)cn1)c1ccc2c(c1)Nc1ccccc1S2. The number of fused-ring (bicyclic) bond motifs is 2. The van der Waals surface area contributed by atoms with Crippen LogP contribution >= 0.6 is 11.8 Å². The predicted molar refractivity (Wildman–Crippen MR) is 105 cm³/mol. The predicted octanol–water partition coefficient (Wildman–Crippen LogP) is 6.14. The molecule has 2 aromatic carbocycles. The van der Waals surface area contributed by atoms with Gasteiger partial charge in [-0.2, -0.15) is 18.3 Å². The summed E-state index contributed by atoms with van der Waals surface area (Å²) in [6.07, 6.45) is -3.62. The first-order valence-electron chi connectivity index (χ1n) is 8.42. The van der Waals surface area contributed by atoms with Gasteiger partial charge in [0.2, 0.25) is 0 Å². The molecule has 2 N–H and O–H groups in total. The molecule has 0 aliphatic carbocycles. The van der Waals surface area contributed by atoms with E-state index in [0.717, 1.165) is 34.1 Å². The smallest absolute Gasteiger partial charge is 0.354 e. The molecule has 4 nitrogen and oxygen atoms in total. The van der Waals surface area contributed by atoms with Crippen LogP contribution in [0.1, 0.15) is 18.1 Å². The maximum Gasteiger partial charge on any atom is 0.417 e. The van der Waals surface area contributed by atoms with Crippen molar-refractivity contribution in [2.45, 2.75) is 22.9 Å². The van der Waals surface area contributed by atoms with Gasteiger partial charge < -0.3 is 5.32 Å². The van der Waals surface area contributed by atoms with Gasteiger partial charge in [0.15, 0.2) is 0 Å². The molecule has 0 fully saturated rings. The maximum atomic E-state index is 12.6. The first kappa shape index (κ1) is 18.4. The van der Waals surface area contributed by atoms with Gasteiger partial charge in [-0.3, -0.25) is 5.43 Å². The minimum Gasteiger partial charge on any atom is -0.354 e. The molecule has 0 atom stereocenters. The minimum absolute atomic E-state index is 0.243. The van der Waals surface area contributed by atoms with E-state index >= 15 is 0 Å². The van der Waals surface area contributed by atoms with Crippen molar-refractivity contribution in [3.8, 4) is 0 Å². The van der Waals surface area contributed by atoms with E-state index in [1.807, 2.05) is 43.3 Å². The highest BCUT2D eigenvalue weighted by atomic mass is 32.2. The highest BCUT2D eigenvalue weighted by Crippen LogP contribution is 2.44. The van der Waals surface area contributed by atoms with Crippen molar-refractivity contribution in [2.24, 2.45) is 5.10 Å². The fourth-order valence-corrected chi connectivity index (χ4v) is 3.67. The zero-order valence-electron chi connectivity index (χ0n) is 14.7. The van der Waals surface area contributed by atoms with Crippen LogP contribution in [0.4, 0.5) is 30.4 Å². The molecule has 1 aliphatic heterocycles. The monoisotopic (exact) mass is 400 g/mol. The third-order valence-electron chi connectivity index (χ3n) is 4.20. The highest BCUT2D eigenvalue weighted by molar-refractivity contribution is 7.99. The molecular formula is C20H15F3N4S. The molecule has 0 bridgehead atoms. The van der Waals surface area contributed by atoms with Crippen LogP contribution in [0, 0.1) is 0 Å². The summed E-state index contributed by atoms with van der Waals surface area (Å²) in [6, 6.07) is 16.3. The average Bonchev–Trinajstić information content (AvgIpc) is 2.69. The molecule has 8 heteroatoms. The van der Waals surface area contributed by atoms with Crippen LogP contribution in [0.25, 0.3) is 0 Å². The van der Waals surface area contributed by atoms with Crippen LogP contribution in [-0.4, -0.2) is 10.7 Å². The van der Waals surface area contributed by atoms with Crippen molar-refractivity contribution >= 4 is 34.7 Å². The lowest BCUT2D eigenvalue weighted by Crippen LogP contribution is -2.06. The number of nitrogens with zero attached hydrogens (tertiary/aromatic N) is 2. The maximum absolute atomic E-state index is 12.6.